The quantitative estimate of drug-likeness (QED) is 0.616. The van der Waals surface area contributed by atoms with Crippen molar-refractivity contribution in [3.63, 3.8) is 0 Å². The normalized spacial score (nSPS) is 16.8. The topological polar surface area (TPSA) is 18.5 Å². The molecule has 0 aliphatic carbocycles. The van der Waals surface area contributed by atoms with Crippen LogP contribution in [0.15, 0.2) is 12.2 Å². The van der Waals surface area contributed by atoms with Crippen molar-refractivity contribution in [2.24, 2.45) is 5.41 Å². The van der Waals surface area contributed by atoms with E-state index in [1.165, 1.54) is 0 Å². The predicted octanol–water partition coefficient (Wildman–Crippen LogP) is 4.35. The maximum atomic E-state index is 12.1. The van der Waals surface area contributed by atoms with Gasteiger partial charge in [-0.3, -0.25) is 0 Å². The molecule has 0 amide bonds. The van der Waals surface area contributed by atoms with E-state index in [0.717, 1.165) is 6.42 Å². The molecule has 0 bridgehead atoms. The van der Waals surface area contributed by atoms with E-state index < -0.39 is 18.2 Å². The van der Waals surface area contributed by atoms with Gasteiger partial charge in [-0.2, -0.15) is 13.2 Å². The summed E-state index contributed by atoms with van der Waals surface area (Å²) in [5.74, 6) is 0. The van der Waals surface area contributed by atoms with Crippen LogP contribution >= 0.6 is 0 Å². The summed E-state index contributed by atoms with van der Waals surface area (Å²) in [7, 11) is 0. The smallest absolute Gasteiger partial charge is 0.375 e. The standard InChI is InChI=1S/C14H25F3O2/c1-6-8-13(5,9-18-11-14(15,16)17)10-19-12(3,4)7-2/h6,8H,7,9-11H2,1-5H3/b8-6-. The minimum atomic E-state index is -4.29. The third-order valence-electron chi connectivity index (χ3n) is 2.91. The summed E-state index contributed by atoms with van der Waals surface area (Å²) in [6, 6.07) is 0. The predicted molar refractivity (Wildman–Crippen MR) is 70.1 cm³/mol. The van der Waals surface area contributed by atoms with E-state index in [9.17, 15) is 13.2 Å². The van der Waals surface area contributed by atoms with Crippen molar-refractivity contribution in [2.45, 2.75) is 52.8 Å². The second-order valence-corrected chi connectivity index (χ2v) is 5.66. The highest BCUT2D eigenvalue weighted by atomic mass is 19.4. The molecule has 0 aliphatic rings. The Balaban J connectivity index is 4.42. The van der Waals surface area contributed by atoms with E-state index in [1.807, 2.05) is 40.7 Å². The van der Waals surface area contributed by atoms with Crippen LogP contribution in [0.5, 0.6) is 0 Å². The fraction of sp³-hybridized carbons (Fsp3) is 0.857. The van der Waals surface area contributed by atoms with Crippen LogP contribution in [-0.2, 0) is 9.47 Å². The Morgan fingerprint density at radius 3 is 2.00 bits per heavy atom. The van der Waals surface area contributed by atoms with Gasteiger partial charge in [-0.25, -0.2) is 0 Å². The molecule has 5 heteroatoms. The van der Waals surface area contributed by atoms with Crippen molar-refractivity contribution in [3.8, 4) is 0 Å². The zero-order chi connectivity index (χ0) is 15.2. The number of halogens is 3. The zero-order valence-corrected chi connectivity index (χ0v) is 12.4. The average molecular weight is 282 g/mol. The number of ether oxygens (including phenoxy) is 2. The molecule has 1 atom stereocenters. The molecular weight excluding hydrogens is 257 g/mol. The molecule has 0 aromatic heterocycles. The molecule has 0 rings (SSSR count). The molecule has 0 fully saturated rings. The molecule has 0 heterocycles. The van der Waals surface area contributed by atoms with Gasteiger partial charge in [0.25, 0.3) is 0 Å². The molecule has 0 radical (unpaired) electrons. The molecule has 19 heavy (non-hydrogen) atoms. The van der Waals surface area contributed by atoms with Gasteiger partial charge in [0.2, 0.25) is 0 Å². The van der Waals surface area contributed by atoms with E-state index in [0.29, 0.717) is 6.61 Å². The monoisotopic (exact) mass is 282 g/mol. The lowest BCUT2D eigenvalue weighted by Crippen LogP contribution is -2.34. The Bertz CT molecular complexity index is 285. The van der Waals surface area contributed by atoms with Crippen LogP contribution in [0.1, 0.15) is 41.0 Å². The van der Waals surface area contributed by atoms with Crippen molar-refractivity contribution >= 4 is 0 Å². The molecule has 0 aromatic carbocycles. The summed E-state index contributed by atoms with van der Waals surface area (Å²) in [6.07, 6.45) is 0.178. The summed E-state index contributed by atoms with van der Waals surface area (Å²) >= 11 is 0. The van der Waals surface area contributed by atoms with Gasteiger partial charge in [-0.1, -0.05) is 26.0 Å². The van der Waals surface area contributed by atoms with Crippen LogP contribution in [0.2, 0.25) is 0 Å². The van der Waals surface area contributed by atoms with Gasteiger partial charge < -0.3 is 9.47 Å². The van der Waals surface area contributed by atoms with E-state index in [2.05, 4.69) is 0 Å². The number of rotatable bonds is 8. The number of alkyl halides is 3. The molecule has 114 valence electrons. The molecule has 0 saturated carbocycles. The third-order valence-corrected chi connectivity index (χ3v) is 2.91. The molecule has 0 spiro atoms. The average Bonchev–Trinajstić information content (AvgIpc) is 2.25. The van der Waals surface area contributed by atoms with Gasteiger partial charge >= 0.3 is 6.18 Å². The Morgan fingerprint density at radius 2 is 1.58 bits per heavy atom. The molecule has 2 nitrogen and oxygen atoms in total. The largest absolute Gasteiger partial charge is 0.411 e. The summed E-state index contributed by atoms with van der Waals surface area (Å²) in [6.45, 7) is 8.67. The van der Waals surface area contributed by atoms with Crippen LogP contribution in [0.4, 0.5) is 13.2 Å². The Hall–Kier alpha value is -0.550. The van der Waals surface area contributed by atoms with Crippen LogP contribution in [-0.4, -0.2) is 31.6 Å². The van der Waals surface area contributed by atoms with E-state index in [-0.39, 0.29) is 12.2 Å². The number of hydrogen-bond acceptors (Lipinski definition) is 2. The Labute approximate surface area is 114 Å². The van der Waals surface area contributed by atoms with Crippen LogP contribution in [0, 0.1) is 5.41 Å². The summed E-state index contributed by atoms with van der Waals surface area (Å²) in [5.41, 5.74) is -0.834. The third kappa shape index (κ3) is 9.05. The van der Waals surface area contributed by atoms with Gasteiger partial charge in [-0.15, -0.1) is 0 Å². The fourth-order valence-corrected chi connectivity index (χ4v) is 1.40. The number of hydrogen-bond donors (Lipinski definition) is 0. The SMILES string of the molecule is C/C=C\C(C)(COCC(F)(F)F)COC(C)(C)CC. The van der Waals surface area contributed by atoms with Crippen LogP contribution in [0.25, 0.3) is 0 Å². The zero-order valence-electron chi connectivity index (χ0n) is 12.4. The minimum Gasteiger partial charge on any atom is -0.375 e. The maximum Gasteiger partial charge on any atom is 0.411 e. The summed E-state index contributed by atoms with van der Waals surface area (Å²) in [5, 5.41) is 0. The lowest BCUT2D eigenvalue weighted by atomic mass is 9.92. The molecular formula is C14H25F3O2. The lowest BCUT2D eigenvalue weighted by Gasteiger charge is -2.32. The lowest BCUT2D eigenvalue weighted by molar-refractivity contribution is -0.182. The van der Waals surface area contributed by atoms with E-state index in [4.69, 9.17) is 9.47 Å². The van der Waals surface area contributed by atoms with Gasteiger partial charge in [-0.05, 0) is 27.2 Å². The Morgan fingerprint density at radius 1 is 1.00 bits per heavy atom. The highest BCUT2D eigenvalue weighted by Crippen LogP contribution is 2.25. The second kappa shape index (κ2) is 7.29. The first-order chi connectivity index (χ1) is 8.54. The van der Waals surface area contributed by atoms with Crippen LogP contribution < -0.4 is 0 Å². The molecule has 0 saturated heterocycles. The van der Waals surface area contributed by atoms with Crippen molar-refractivity contribution in [1.29, 1.82) is 0 Å². The minimum absolute atomic E-state index is 0.0172. The van der Waals surface area contributed by atoms with Crippen molar-refractivity contribution < 1.29 is 22.6 Å². The van der Waals surface area contributed by atoms with Gasteiger partial charge in [0, 0.05) is 5.41 Å². The molecule has 0 N–H and O–H groups in total. The highest BCUT2D eigenvalue weighted by molar-refractivity contribution is 4.96. The van der Waals surface area contributed by atoms with Crippen LogP contribution in [0.3, 0.4) is 0 Å². The molecule has 1 unspecified atom stereocenters. The first-order valence-electron chi connectivity index (χ1n) is 6.46. The highest BCUT2D eigenvalue weighted by Gasteiger charge is 2.31. The van der Waals surface area contributed by atoms with Crippen molar-refractivity contribution in [2.75, 3.05) is 19.8 Å². The molecule has 0 aromatic rings. The summed E-state index contributed by atoms with van der Waals surface area (Å²) < 4.78 is 46.7. The fourth-order valence-electron chi connectivity index (χ4n) is 1.40. The first kappa shape index (κ1) is 18.4. The van der Waals surface area contributed by atoms with Gasteiger partial charge in [0.1, 0.15) is 6.61 Å². The van der Waals surface area contributed by atoms with Crippen molar-refractivity contribution in [1.82, 2.24) is 0 Å². The first-order valence-corrected chi connectivity index (χ1v) is 6.46. The second-order valence-electron chi connectivity index (χ2n) is 5.66. The van der Waals surface area contributed by atoms with E-state index >= 15 is 0 Å². The summed E-state index contributed by atoms with van der Waals surface area (Å²) in [4.78, 5) is 0. The molecule has 0 aliphatic heterocycles. The van der Waals surface area contributed by atoms with E-state index in [1.54, 1.807) is 6.08 Å². The van der Waals surface area contributed by atoms with Crippen molar-refractivity contribution in [3.05, 3.63) is 12.2 Å². The van der Waals surface area contributed by atoms with Gasteiger partial charge in [0.05, 0.1) is 18.8 Å². The van der Waals surface area contributed by atoms with Gasteiger partial charge in [0.15, 0.2) is 0 Å². The number of allylic oxidation sites excluding steroid dienone is 1. The Kier molecular flexibility index (Phi) is 7.08. The maximum absolute atomic E-state index is 12.1.